The highest BCUT2D eigenvalue weighted by molar-refractivity contribution is 6.01. The molecule has 33 heavy (non-hydrogen) atoms. The van der Waals surface area contributed by atoms with E-state index in [1.54, 1.807) is 32.9 Å². The number of ether oxygens (including phenoxy) is 1. The van der Waals surface area contributed by atoms with E-state index < -0.39 is 35.2 Å². The Morgan fingerprint density at radius 3 is 2.61 bits per heavy atom. The fourth-order valence-electron chi connectivity index (χ4n) is 3.83. The van der Waals surface area contributed by atoms with Crippen molar-refractivity contribution >= 4 is 17.8 Å². The second-order valence-electron chi connectivity index (χ2n) is 8.95. The zero-order valence-electron chi connectivity index (χ0n) is 18.9. The van der Waals surface area contributed by atoms with Gasteiger partial charge in [0.05, 0.1) is 12.2 Å². The summed E-state index contributed by atoms with van der Waals surface area (Å²) in [5.74, 6) is -2.42. The average molecular weight is 458 g/mol. The van der Waals surface area contributed by atoms with Crippen LogP contribution in [0.25, 0.3) is 11.3 Å². The van der Waals surface area contributed by atoms with Crippen LogP contribution < -0.4 is 5.73 Å². The number of pyridine rings is 1. The lowest BCUT2D eigenvalue weighted by Gasteiger charge is -2.25. The number of aromatic nitrogens is 1. The number of esters is 1. The lowest BCUT2D eigenvalue weighted by atomic mass is 10.0. The first-order valence-electron chi connectivity index (χ1n) is 10.7. The number of fused-ring (bicyclic) bond motifs is 1. The molecule has 0 bridgehead atoms. The largest absolute Gasteiger partial charge is 0.460 e. The fraction of sp³-hybridized carbons (Fsp3) is 0.417. The van der Waals surface area contributed by atoms with E-state index in [4.69, 9.17) is 15.6 Å². The monoisotopic (exact) mass is 457 g/mol. The number of halogens is 1. The molecule has 1 atom stereocenters. The Morgan fingerprint density at radius 1 is 1.27 bits per heavy atom. The van der Waals surface area contributed by atoms with E-state index in [-0.39, 0.29) is 42.7 Å². The van der Waals surface area contributed by atoms with Crippen molar-refractivity contribution in [2.24, 2.45) is 5.73 Å². The summed E-state index contributed by atoms with van der Waals surface area (Å²) in [7, 11) is 0. The van der Waals surface area contributed by atoms with Crippen LogP contribution in [-0.2, 0) is 27.3 Å². The molecule has 0 saturated carbocycles. The van der Waals surface area contributed by atoms with E-state index in [0.29, 0.717) is 12.1 Å². The molecule has 176 valence electrons. The van der Waals surface area contributed by atoms with Gasteiger partial charge in [-0.25, -0.2) is 4.39 Å². The average Bonchev–Trinajstić information content (AvgIpc) is 3.05. The van der Waals surface area contributed by atoms with Crippen molar-refractivity contribution in [2.45, 2.75) is 58.2 Å². The summed E-state index contributed by atoms with van der Waals surface area (Å²) in [5.41, 5.74) is 6.53. The summed E-state index contributed by atoms with van der Waals surface area (Å²) in [6, 6.07) is 5.32. The van der Waals surface area contributed by atoms with Gasteiger partial charge in [-0.1, -0.05) is 0 Å². The number of amides is 2. The van der Waals surface area contributed by atoms with Gasteiger partial charge in [-0.15, -0.1) is 0 Å². The van der Waals surface area contributed by atoms with Gasteiger partial charge in [0.2, 0.25) is 5.91 Å². The highest BCUT2D eigenvalue weighted by Gasteiger charge is 2.38. The maximum absolute atomic E-state index is 15.4. The van der Waals surface area contributed by atoms with Crippen LogP contribution >= 0.6 is 0 Å². The van der Waals surface area contributed by atoms with Gasteiger partial charge >= 0.3 is 5.97 Å². The predicted molar refractivity (Wildman–Crippen MR) is 118 cm³/mol. The van der Waals surface area contributed by atoms with Gasteiger partial charge in [-0.05, 0) is 63.4 Å². The number of carbonyl (C=O) groups is 3. The van der Waals surface area contributed by atoms with E-state index in [0.717, 1.165) is 5.56 Å². The summed E-state index contributed by atoms with van der Waals surface area (Å²) >= 11 is 0. The van der Waals surface area contributed by atoms with Gasteiger partial charge in [-0.2, -0.15) is 0 Å². The number of nitrogens with two attached hydrogens (primary N) is 1. The number of primary amides is 1. The fourth-order valence-corrected chi connectivity index (χ4v) is 3.83. The van der Waals surface area contributed by atoms with Crippen molar-refractivity contribution in [1.82, 2.24) is 9.88 Å². The molecule has 0 fully saturated rings. The molecule has 0 unspecified atom stereocenters. The van der Waals surface area contributed by atoms with E-state index in [1.165, 1.54) is 23.2 Å². The van der Waals surface area contributed by atoms with Crippen LogP contribution in [0.15, 0.2) is 30.5 Å². The van der Waals surface area contributed by atoms with E-state index >= 15 is 4.39 Å². The zero-order valence-corrected chi connectivity index (χ0v) is 18.9. The minimum Gasteiger partial charge on any atom is -0.460 e. The number of hydrogen-bond acceptors (Lipinski definition) is 6. The topological polar surface area (TPSA) is 123 Å². The number of benzene rings is 1. The van der Waals surface area contributed by atoms with Gasteiger partial charge in [0.15, 0.2) is 0 Å². The van der Waals surface area contributed by atoms with Crippen LogP contribution in [-0.4, -0.2) is 51.0 Å². The van der Waals surface area contributed by atoms with Crippen LogP contribution in [0.3, 0.4) is 0 Å². The van der Waals surface area contributed by atoms with Crippen molar-refractivity contribution < 1.29 is 28.6 Å². The van der Waals surface area contributed by atoms with Crippen LogP contribution in [0.4, 0.5) is 4.39 Å². The van der Waals surface area contributed by atoms with Crippen molar-refractivity contribution in [3.05, 3.63) is 53.0 Å². The van der Waals surface area contributed by atoms with Gasteiger partial charge in [-0.3, -0.25) is 19.4 Å². The maximum Gasteiger partial charge on any atom is 0.306 e. The first-order chi connectivity index (χ1) is 15.5. The van der Waals surface area contributed by atoms with Crippen molar-refractivity contribution in [1.29, 1.82) is 0 Å². The van der Waals surface area contributed by atoms with Crippen LogP contribution in [0.1, 0.15) is 55.1 Å². The Kier molecular flexibility index (Phi) is 7.12. The number of aliphatic hydroxyl groups is 1. The number of carbonyl (C=O) groups excluding carboxylic acids is 3. The maximum atomic E-state index is 15.4. The van der Waals surface area contributed by atoms with Gasteiger partial charge in [0.1, 0.15) is 17.5 Å². The highest BCUT2D eigenvalue weighted by atomic mass is 19.1. The first kappa shape index (κ1) is 24.3. The normalized spacial score (nSPS) is 14.2. The third-order valence-corrected chi connectivity index (χ3v) is 5.31. The van der Waals surface area contributed by atoms with Crippen molar-refractivity contribution in [3.8, 4) is 11.3 Å². The molecule has 3 N–H and O–H groups in total. The molecule has 1 aliphatic rings. The van der Waals surface area contributed by atoms with E-state index in [2.05, 4.69) is 4.98 Å². The molecule has 1 aromatic heterocycles. The molecular formula is C24H28FN3O5. The van der Waals surface area contributed by atoms with Crippen molar-refractivity contribution in [2.75, 3.05) is 6.61 Å². The molecule has 9 heteroatoms. The molecule has 2 amide bonds. The molecule has 0 radical (unpaired) electrons. The Morgan fingerprint density at radius 2 is 1.97 bits per heavy atom. The SMILES string of the molecule is CC(C)(C)OC(=O)CC[C@@H](C(N)=O)N1Cc2c(ccc(-c3cc(CCO)ccn3)c2F)C1=O. The third kappa shape index (κ3) is 5.54. The lowest BCUT2D eigenvalue weighted by molar-refractivity contribution is -0.155. The molecule has 2 heterocycles. The lowest BCUT2D eigenvalue weighted by Crippen LogP contribution is -2.45. The summed E-state index contributed by atoms with van der Waals surface area (Å²) < 4.78 is 20.7. The number of nitrogens with zero attached hydrogens (tertiary/aromatic N) is 2. The summed E-state index contributed by atoms with van der Waals surface area (Å²) in [5, 5.41) is 9.15. The summed E-state index contributed by atoms with van der Waals surface area (Å²) in [4.78, 5) is 42.5. The summed E-state index contributed by atoms with van der Waals surface area (Å²) in [6.07, 6.45) is 1.81. The first-order valence-corrected chi connectivity index (χ1v) is 10.7. The van der Waals surface area contributed by atoms with Gasteiger partial charge in [0, 0.05) is 35.9 Å². The second-order valence-corrected chi connectivity index (χ2v) is 8.95. The van der Waals surface area contributed by atoms with Crippen molar-refractivity contribution in [3.63, 3.8) is 0 Å². The Labute approximate surface area is 191 Å². The van der Waals surface area contributed by atoms with E-state index in [9.17, 15) is 14.4 Å². The molecule has 2 aromatic rings. The Hall–Kier alpha value is -3.33. The van der Waals surface area contributed by atoms with Crippen LogP contribution in [0.5, 0.6) is 0 Å². The quantitative estimate of drug-likeness (QED) is 0.587. The highest BCUT2D eigenvalue weighted by Crippen LogP contribution is 2.33. The van der Waals surface area contributed by atoms with Crippen LogP contribution in [0, 0.1) is 5.82 Å². The predicted octanol–water partition coefficient (Wildman–Crippen LogP) is 2.35. The Balaban J connectivity index is 1.84. The van der Waals surface area contributed by atoms with Crippen LogP contribution in [0.2, 0.25) is 0 Å². The third-order valence-electron chi connectivity index (χ3n) is 5.31. The zero-order chi connectivity index (χ0) is 24.3. The molecule has 0 aliphatic carbocycles. The van der Waals surface area contributed by atoms with E-state index in [1.807, 2.05) is 0 Å². The van der Waals surface area contributed by atoms with Gasteiger partial charge in [0.25, 0.3) is 5.91 Å². The number of hydrogen-bond donors (Lipinski definition) is 2. The Bertz CT molecular complexity index is 1080. The summed E-state index contributed by atoms with van der Waals surface area (Å²) in [6.45, 7) is 4.99. The molecule has 1 aromatic carbocycles. The molecule has 1 aliphatic heterocycles. The second kappa shape index (κ2) is 9.66. The number of aliphatic hydroxyl groups excluding tert-OH is 1. The molecule has 3 rings (SSSR count). The molecular weight excluding hydrogens is 429 g/mol. The smallest absolute Gasteiger partial charge is 0.306 e. The molecule has 0 saturated heterocycles. The minimum atomic E-state index is -1.08. The standard InChI is InChI=1S/C24H28FN3O5/c1-24(2,3)33-20(30)7-6-19(22(26)31)28-13-17-15(23(28)32)4-5-16(21(17)25)18-12-14(9-11-29)8-10-27-18/h4-5,8,10,12,19,29H,6-7,9,11,13H2,1-3H3,(H2,26,31)/t19-/m0/s1. The molecule has 8 nitrogen and oxygen atoms in total. The number of rotatable bonds is 8. The molecule has 0 spiro atoms. The van der Waals surface area contributed by atoms with Gasteiger partial charge < -0.3 is 20.5 Å². The minimum absolute atomic E-state index is 0.0246.